The van der Waals surface area contributed by atoms with E-state index < -0.39 is 0 Å². The topological polar surface area (TPSA) is 83.4 Å². The lowest BCUT2D eigenvalue weighted by atomic mass is 10.2. The second kappa shape index (κ2) is 8.18. The summed E-state index contributed by atoms with van der Waals surface area (Å²) in [5.74, 6) is 3.70. The van der Waals surface area contributed by atoms with Gasteiger partial charge in [0.15, 0.2) is 5.82 Å². The third-order valence-electron chi connectivity index (χ3n) is 4.44. The van der Waals surface area contributed by atoms with E-state index in [-0.39, 0.29) is 0 Å². The SMILES string of the molecule is CCOc1ccc(-c2nc(Cc3noc(-c4ccccc4OC)n3)c(C)o2)cc1. The Bertz CT molecular complexity index is 1100. The summed E-state index contributed by atoms with van der Waals surface area (Å²) in [7, 11) is 1.61. The molecule has 0 spiro atoms. The minimum absolute atomic E-state index is 0.408. The lowest BCUT2D eigenvalue weighted by Gasteiger charge is -2.02. The fraction of sp³-hybridized carbons (Fsp3) is 0.227. The fourth-order valence-electron chi connectivity index (χ4n) is 2.98. The van der Waals surface area contributed by atoms with E-state index in [0.29, 0.717) is 36.4 Å². The normalized spacial score (nSPS) is 10.9. The summed E-state index contributed by atoms with van der Waals surface area (Å²) in [5.41, 5.74) is 2.40. The van der Waals surface area contributed by atoms with Gasteiger partial charge < -0.3 is 18.4 Å². The molecule has 2 aromatic carbocycles. The minimum atomic E-state index is 0.408. The van der Waals surface area contributed by atoms with Gasteiger partial charge in [-0.3, -0.25) is 0 Å². The average Bonchev–Trinajstić information content (AvgIpc) is 3.36. The monoisotopic (exact) mass is 391 g/mol. The smallest absolute Gasteiger partial charge is 0.261 e. The van der Waals surface area contributed by atoms with Crippen molar-refractivity contribution in [2.75, 3.05) is 13.7 Å². The molecule has 0 N–H and O–H groups in total. The summed E-state index contributed by atoms with van der Waals surface area (Å²) in [6, 6.07) is 15.2. The van der Waals surface area contributed by atoms with Crippen molar-refractivity contribution in [2.45, 2.75) is 20.3 Å². The number of aromatic nitrogens is 3. The highest BCUT2D eigenvalue weighted by Crippen LogP contribution is 2.29. The number of oxazole rings is 1. The minimum Gasteiger partial charge on any atom is -0.496 e. The molecule has 4 rings (SSSR count). The average molecular weight is 391 g/mol. The van der Waals surface area contributed by atoms with Crippen molar-refractivity contribution in [3.8, 4) is 34.4 Å². The summed E-state index contributed by atoms with van der Waals surface area (Å²) in [4.78, 5) is 9.10. The Labute approximate surface area is 168 Å². The van der Waals surface area contributed by atoms with Gasteiger partial charge in [0, 0.05) is 5.56 Å². The van der Waals surface area contributed by atoms with Crippen LogP contribution in [0.15, 0.2) is 57.5 Å². The summed E-state index contributed by atoms with van der Waals surface area (Å²) < 4.78 is 22.1. The highest BCUT2D eigenvalue weighted by molar-refractivity contribution is 5.62. The zero-order valence-corrected chi connectivity index (χ0v) is 16.5. The number of ether oxygens (including phenoxy) is 2. The van der Waals surface area contributed by atoms with Crippen LogP contribution in [0.2, 0.25) is 0 Å². The van der Waals surface area contributed by atoms with Crippen LogP contribution in [0, 0.1) is 6.92 Å². The number of para-hydroxylation sites is 1. The van der Waals surface area contributed by atoms with E-state index in [1.807, 2.05) is 62.4 Å². The molecule has 0 aliphatic carbocycles. The van der Waals surface area contributed by atoms with Crippen LogP contribution >= 0.6 is 0 Å². The molecule has 0 aliphatic rings. The maximum Gasteiger partial charge on any atom is 0.261 e. The van der Waals surface area contributed by atoms with Crippen LogP contribution in [0.3, 0.4) is 0 Å². The van der Waals surface area contributed by atoms with Crippen LogP contribution in [-0.4, -0.2) is 28.8 Å². The molecule has 0 radical (unpaired) electrons. The predicted octanol–water partition coefficient (Wildman–Crippen LogP) is 4.70. The number of hydrogen-bond donors (Lipinski definition) is 0. The largest absolute Gasteiger partial charge is 0.496 e. The second-order valence-corrected chi connectivity index (χ2v) is 6.37. The first-order chi connectivity index (χ1) is 14.2. The Morgan fingerprint density at radius 1 is 0.966 bits per heavy atom. The van der Waals surface area contributed by atoms with Crippen molar-refractivity contribution in [1.82, 2.24) is 15.1 Å². The van der Waals surface area contributed by atoms with Crippen molar-refractivity contribution in [3.63, 3.8) is 0 Å². The van der Waals surface area contributed by atoms with E-state index in [1.165, 1.54) is 0 Å². The Balaban J connectivity index is 1.54. The molecule has 0 amide bonds. The summed E-state index contributed by atoms with van der Waals surface area (Å²) >= 11 is 0. The molecule has 29 heavy (non-hydrogen) atoms. The first-order valence-corrected chi connectivity index (χ1v) is 9.33. The van der Waals surface area contributed by atoms with Crippen LogP contribution in [0.25, 0.3) is 22.9 Å². The van der Waals surface area contributed by atoms with Gasteiger partial charge in [-0.05, 0) is 50.2 Å². The number of aryl methyl sites for hydroxylation is 1. The van der Waals surface area contributed by atoms with Gasteiger partial charge in [-0.15, -0.1) is 0 Å². The molecule has 7 nitrogen and oxygen atoms in total. The van der Waals surface area contributed by atoms with Crippen LogP contribution in [0.5, 0.6) is 11.5 Å². The lowest BCUT2D eigenvalue weighted by Crippen LogP contribution is -1.94. The molecule has 0 atom stereocenters. The molecule has 0 saturated carbocycles. The first kappa shape index (κ1) is 18.7. The molecule has 2 heterocycles. The quantitative estimate of drug-likeness (QED) is 0.451. The van der Waals surface area contributed by atoms with Crippen molar-refractivity contribution in [3.05, 3.63) is 65.8 Å². The zero-order chi connectivity index (χ0) is 20.2. The number of hydrogen-bond acceptors (Lipinski definition) is 7. The summed E-state index contributed by atoms with van der Waals surface area (Å²) in [6.45, 7) is 4.46. The molecule has 0 saturated heterocycles. The van der Waals surface area contributed by atoms with Crippen molar-refractivity contribution < 1.29 is 18.4 Å². The number of rotatable bonds is 7. The molecule has 0 bridgehead atoms. The Morgan fingerprint density at radius 3 is 2.52 bits per heavy atom. The number of methoxy groups -OCH3 is 1. The van der Waals surface area contributed by atoms with Gasteiger partial charge in [-0.1, -0.05) is 17.3 Å². The molecule has 0 unspecified atom stereocenters. The predicted molar refractivity (Wildman–Crippen MR) is 107 cm³/mol. The highest BCUT2D eigenvalue weighted by atomic mass is 16.5. The summed E-state index contributed by atoms with van der Waals surface area (Å²) in [5, 5.41) is 4.08. The zero-order valence-electron chi connectivity index (χ0n) is 16.5. The molecular formula is C22H21N3O4. The molecular weight excluding hydrogens is 370 g/mol. The highest BCUT2D eigenvalue weighted by Gasteiger charge is 2.17. The van der Waals surface area contributed by atoms with Crippen LogP contribution in [0.1, 0.15) is 24.2 Å². The van der Waals surface area contributed by atoms with Gasteiger partial charge in [-0.25, -0.2) is 4.98 Å². The van der Waals surface area contributed by atoms with Crippen LogP contribution in [-0.2, 0) is 6.42 Å². The van der Waals surface area contributed by atoms with Gasteiger partial charge in [0.05, 0.1) is 31.4 Å². The van der Waals surface area contributed by atoms with E-state index in [4.69, 9.17) is 18.4 Å². The van der Waals surface area contributed by atoms with E-state index in [2.05, 4.69) is 15.1 Å². The third kappa shape index (κ3) is 3.99. The maximum atomic E-state index is 5.84. The third-order valence-corrected chi connectivity index (χ3v) is 4.44. The van der Waals surface area contributed by atoms with Crippen LogP contribution < -0.4 is 9.47 Å². The van der Waals surface area contributed by atoms with Gasteiger partial charge in [-0.2, -0.15) is 4.98 Å². The molecule has 0 aliphatic heterocycles. The van der Waals surface area contributed by atoms with Crippen molar-refractivity contribution in [2.24, 2.45) is 0 Å². The Hall–Kier alpha value is -3.61. The van der Waals surface area contributed by atoms with Gasteiger partial charge in [0.2, 0.25) is 5.89 Å². The number of nitrogens with zero attached hydrogens (tertiary/aromatic N) is 3. The van der Waals surface area contributed by atoms with E-state index in [0.717, 1.165) is 28.3 Å². The van der Waals surface area contributed by atoms with E-state index in [9.17, 15) is 0 Å². The van der Waals surface area contributed by atoms with Gasteiger partial charge in [0.1, 0.15) is 17.3 Å². The second-order valence-electron chi connectivity index (χ2n) is 6.37. The number of benzene rings is 2. The Morgan fingerprint density at radius 2 is 1.76 bits per heavy atom. The lowest BCUT2D eigenvalue weighted by molar-refractivity contribution is 0.340. The van der Waals surface area contributed by atoms with Crippen molar-refractivity contribution >= 4 is 0 Å². The van der Waals surface area contributed by atoms with Gasteiger partial charge >= 0.3 is 0 Å². The molecule has 4 aromatic rings. The molecule has 148 valence electrons. The van der Waals surface area contributed by atoms with E-state index in [1.54, 1.807) is 7.11 Å². The Kier molecular flexibility index (Phi) is 5.29. The molecule has 0 fully saturated rings. The van der Waals surface area contributed by atoms with Gasteiger partial charge in [0.25, 0.3) is 5.89 Å². The van der Waals surface area contributed by atoms with Crippen LogP contribution in [0.4, 0.5) is 0 Å². The molecule has 7 heteroatoms. The fourth-order valence-corrected chi connectivity index (χ4v) is 2.98. The maximum absolute atomic E-state index is 5.84. The van der Waals surface area contributed by atoms with E-state index >= 15 is 0 Å². The first-order valence-electron chi connectivity index (χ1n) is 9.33. The standard InChI is InChI=1S/C22H21N3O4/c1-4-27-16-11-9-15(10-12-16)21-23-18(14(2)28-21)13-20-24-22(29-25-20)17-7-5-6-8-19(17)26-3/h5-12H,4,13H2,1-3H3. The summed E-state index contributed by atoms with van der Waals surface area (Å²) in [6.07, 6.45) is 0.408. The van der Waals surface area contributed by atoms with Crippen molar-refractivity contribution in [1.29, 1.82) is 0 Å². The molecule has 2 aromatic heterocycles.